The van der Waals surface area contributed by atoms with E-state index in [1.807, 2.05) is 6.07 Å². The highest BCUT2D eigenvalue weighted by molar-refractivity contribution is 7.91. The fourth-order valence-electron chi connectivity index (χ4n) is 3.87. The molecule has 1 fully saturated rings. The minimum absolute atomic E-state index is 0.0478. The van der Waals surface area contributed by atoms with Gasteiger partial charge in [0.25, 0.3) is 0 Å². The molecule has 1 aromatic heterocycles. The van der Waals surface area contributed by atoms with Crippen molar-refractivity contribution in [2.45, 2.75) is 28.7 Å². The minimum Gasteiger partial charge on any atom is -0.459 e. The van der Waals surface area contributed by atoms with Crippen molar-refractivity contribution in [3.8, 4) is 0 Å². The molecule has 0 amide bonds. The standard InChI is InChI=1S/C19H16FNO3S/c20-12-2-1-3-13(10-12)25(22,23)14-4-5-15-16-6-8-21-9-7-17(21)19(16)24-18(15)11-14/h1-5,10-11,17H,6-9H2. The fourth-order valence-corrected chi connectivity index (χ4v) is 5.18. The first kappa shape index (κ1) is 15.1. The Hall–Kier alpha value is -2.18. The first-order valence-corrected chi connectivity index (χ1v) is 9.82. The summed E-state index contributed by atoms with van der Waals surface area (Å²) in [6, 6.07) is 10.4. The third-order valence-corrected chi connectivity index (χ3v) is 7.04. The second kappa shape index (κ2) is 5.16. The van der Waals surface area contributed by atoms with Gasteiger partial charge in [-0.05, 0) is 43.2 Å². The number of hydrogen-bond acceptors (Lipinski definition) is 4. The van der Waals surface area contributed by atoms with Crippen LogP contribution in [-0.4, -0.2) is 26.4 Å². The number of furan rings is 1. The Labute approximate surface area is 144 Å². The molecule has 0 N–H and O–H groups in total. The average Bonchev–Trinajstić information content (AvgIpc) is 2.91. The van der Waals surface area contributed by atoms with Crippen LogP contribution in [0.3, 0.4) is 0 Å². The van der Waals surface area contributed by atoms with Crippen molar-refractivity contribution in [2.24, 2.45) is 0 Å². The van der Waals surface area contributed by atoms with Gasteiger partial charge in [0.2, 0.25) is 9.84 Å². The predicted molar refractivity (Wildman–Crippen MR) is 90.7 cm³/mol. The van der Waals surface area contributed by atoms with Gasteiger partial charge in [0.15, 0.2) is 0 Å². The van der Waals surface area contributed by atoms with E-state index in [2.05, 4.69) is 4.90 Å². The molecular formula is C19H16FNO3S. The van der Waals surface area contributed by atoms with Crippen LogP contribution in [-0.2, 0) is 16.3 Å². The summed E-state index contributed by atoms with van der Waals surface area (Å²) in [6.45, 7) is 2.12. The third kappa shape index (κ3) is 2.17. The molecule has 128 valence electrons. The number of hydrogen-bond donors (Lipinski definition) is 0. The van der Waals surface area contributed by atoms with E-state index in [-0.39, 0.29) is 9.79 Å². The van der Waals surface area contributed by atoms with Crippen molar-refractivity contribution >= 4 is 20.8 Å². The van der Waals surface area contributed by atoms with E-state index in [1.54, 1.807) is 12.1 Å². The summed E-state index contributed by atoms with van der Waals surface area (Å²) in [5.74, 6) is 0.411. The quantitative estimate of drug-likeness (QED) is 0.702. The van der Waals surface area contributed by atoms with Crippen LogP contribution in [0.4, 0.5) is 4.39 Å². The summed E-state index contributed by atoms with van der Waals surface area (Å²) < 4.78 is 45.0. The summed E-state index contributed by atoms with van der Waals surface area (Å²) in [4.78, 5) is 2.46. The SMILES string of the molecule is O=S(=O)(c1cccc(F)c1)c1ccc2c3c(oc2c1)C1CCN1CC3. The second-order valence-corrected chi connectivity index (χ2v) is 8.60. The maximum absolute atomic E-state index is 13.4. The minimum atomic E-state index is -3.78. The lowest BCUT2D eigenvalue weighted by atomic mass is 9.90. The van der Waals surface area contributed by atoms with Gasteiger partial charge in [-0.1, -0.05) is 6.07 Å². The van der Waals surface area contributed by atoms with Crippen molar-refractivity contribution in [1.29, 1.82) is 0 Å². The summed E-state index contributed by atoms with van der Waals surface area (Å²) in [5, 5.41) is 0.986. The first-order chi connectivity index (χ1) is 12.0. The lowest BCUT2D eigenvalue weighted by molar-refractivity contribution is 0.0638. The Morgan fingerprint density at radius 1 is 1.08 bits per heavy atom. The molecule has 0 aliphatic carbocycles. The van der Waals surface area contributed by atoms with E-state index >= 15 is 0 Å². The lowest BCUT2D eigenvalue weighted by Gasteiger charge is -2.43. The molecule has 1 saturated heterocycles. The van der Waals surface area contributed by atoms with Crippen LogP contribution in [0.25, 0.3) is 11.0 Å². The van der Waals surface area contributed by atoms with Crippen LogP contribution < -0.4 is 0 Å². The molecule has 0 spiro atoms. The van der Waals surface area contributed by atoms with Crippen LogP contribution in [0, 0.1) is 5.82 Å². The molecule has 0 bridgehead atoms. The summed E-state index contributed by atoms with van der Waals surface area (Å²) in [6.07, 6.45) is 2.01. The number of sulfone groups is 1. The van der Waals surface area contributed by atoms with Crippen LogP contribution >= 0.6 is 0 Å². The molecular weight excluding hydrogens is 341 g/mol. The van der Waals surface area contributed by atoms with Gasteiger partial charge in [-0.25, -0.2) is 12.8 Å². The monoisotopic (exact) mass is 357 g/mol. The number of nitrogens with zero attached hydrogens (tertiary/aromatic N) is 1. The Morgan fingerprint density at radius 2 is 1.92 bits per heavy atom. The number of benzene rings is 2. The molecule has 2 aromatic carbocycles. The number of rotatable bonds is 2. The van der Waals surface area contributed by atoms with Gasteiger partial charge in [0.05, 0.1) is 15.8 Å². The molecule has 6 heteroatoms. The smallest absolute Gasteiger partial charge is 0.206 e. The van der Waals surface area contributed by atoms with E-state index in [0.717, 1.165) is 43.1 Å². The molecule has 3 aromatic rings. The van der Waals surface area contributed by atoms with Gasteiger partial charge in [-0.3, -0.25) is 4.90 Å². The zero-order valence-corrected chi connectivity index (χ0v) is 14.2. The molecule has 3 heterocycles. The summed E-state index contributed by atoms with van der Waals surface area (Å²) >= 11 is 0. The highest BCUT2D eigenvalue weighted by Crippen LogP contribution is 2.43. The predicted octanol–water partition coefficient (Wildman–Crippen LogP) is 3.71. The molecule has 0 saturated carbocycles. The van der Waals surface area contributed by atoms with E-state index in [1.165, 1.54) is 23.8 Å². The van der Waals surface area contributed by atoms with Crippen molar-refractivity contribution in [1.82, 2.24) is 4.90 Å². The molecule has 2 aliphatic heterocycles. The normalized spacial score (nSPS) is 20.1. The third-order valence-electron chi connectivity index (χ3n) is 5.29. The van der Waals surface area contributed by atoms with E-state index in [0.29, 0.717) is 11.6 Å². The van der Waals surface area contributed by atoms with Crippen molar-refractivity contribution < 1.29 is 17.2 Å². The zero-order valence-electron chi connectivity index (χ0n) is 13.4. The maximum atomic E-state index is 13.4. The maximum Gasteiger partial charge on any atom is 0.206 e. The van der Waals surface area contributed by atoms with Gasteiger partial charge in [-0.2, -0.15) is 0 Å². The Morgan fingerprint density at radius 3 is 2.68 bits per heavy atom. The average molecular weight is 357 g/mol. The Balaban J connectivity index is 1.64. The molecule has 2 aliphatic rings. The highest BCUT2D eigenvalue weighted by Gasteiger charge is 2.38. The lowest BCUT2D eigenvalue weighted by Crippen LogP contribution is -2.44. The Bertz CT molecular complexity index is 1100. The first-order valence-electron chi connectivity index (χ1n) is 8.34. The van der Waals surface area contributed by atoms with E-state index < -0.39 is 15.7 Å². The molecule has 1 unspecified atom stereocenters. The fraction of sp³-hybridized carbons (Fsp3) is 0.263. The van der Waals surface area contributed by atoms with Gasteiger partial charge in [-0.15, -0.1) is 0 Å². The van der Waals surface area contributed by atoms with Gasteiger partial charge in [0, 0.05) is 30.1 Å². The molecule has 0 radical (unpaired) electrons. The largest absolute Gasteiger partial charge is 0.459 e. The zero-order chi connectivity index (χ0) is 17.2. The van der Waals surface area contributed by atoms with Gasteiger partial charge in [0.1, 0.15) is 17.2 Å². The second-order valence-electron chi connectivity index (χ2n) is 6.65. The summed E-state index contributed by atoms with van der Waals surface area (Å²) in [7, 11) is -3.78. The van der Waals surface area contributed by atoms with Crippen LogP contribution in [0.15, 0.2) is 56.7 Å². The highest BCUT2D eigenvalue weighted by atomic mass is 32.2. The van der Waals surface area contributed by atoms with Crippen LogP contribution in [0.1, 0.15) is 23.8 Å². The molecule has 25 heavy (non-hydrogen) atoms. The van der Waals surface area contributed by atoms with E-state index in [4.69, 9.17) is 4.42 Å². The van der Waals surface area contributed by atoms with Crippen molar-refractivity contribution in [3.05, 3.63) is 59.6 Å². The Kier molecular flexibility index (Phi) is 3.12. The van der Waals surface area contributed by atoms with Crippen LogP contribution in [0.5, 0.6) is 0 Å². The van der Waals surface area contributed by atoms with Crippen LogP contribution in [0.2, 0.25) is 0 Å². The van der Waals surface area contributed by atoms with Crippen molar-refractivity contribution in [2.75, 3.05) is 13.1 Å². The van der Waals surface area contributed by atoms with Gasteiger partial charge < -0.3 is 4.42 Å². The van der Waals surface area contributed by atoms with Crippen molar-refractivity contribution in [3.63, 3.8) is 0 Å². The number of fused-ring (bicyclic) bond motifs is 5. The van der Waals surface area contributed by atoms with Gasteiger partial charge >= 0.3 is 0 Å². The summed E-state index contributed by atoms with van der Waals surface area (Å²) in [5.41, 5.74) is 1.79. The van der Waals surface area contributed by atoms with E-state index in [9.17, 15) is 12.8 Å². The molecule has 5 rings (SSSR count). The molecule has 4 nitrogen and oxygen atoms in total. The topological polar surface area (TPSA) is 50.5 Å². The molecule has 1 atom stereocenters. The number of halogens is 1.